The van der Waals surface area contributed by atoms with Gasteiger partial charge in [0.25, 0.3) is 0 Å². The van der Waals surface area contributed by atoms with Crippen molar-refractivity contribution in [3.05, 3.63) is 27.2 Å². The Morgan fingerprint density at radius 2 is 2.00 bits per heavy atom. The molecule has 2 rings (SSSR count). The van der Waals surface area contributed by atoms with Crippen LogP contribution in [0.25, 0.3) is 0 Å². The fourth-order valence-electron chi connectivity index (χ4n) is 1.76. The molecule has 0 bridgehead atoms. The van der Waals surface area contributed by atoms with E-state index in [9.17, 15) is 5.11 Å². The van der Waals surface area contributed by atoms with Gasteiger partial charge in [0.2, 0.25) is 0 Å². The summed E-state index contributed by atoms with van der Waals surface area (Å²) in [5, 5.41) is 10.5. The summed E-state index contributed by atoms with van der Waals surface area (Å²) in [6, 6.07) is 1.43. The highest BCUT2D eigenvalue weighted by Gasteiger charge is 2.26. The number of hydrogen-bond acceptors (Lipinski definition) is 2. The molecule has 0 aliphatic heterocycles. The lowest BCUT2D eigenvalue weighted by Gasteiger charge is -2.09. The predicted octanol–water partition coefficient (Wildman–Crippen LogP) is 3.07. The number of aromatic hydroxyl groups is 1. The van der Waals surface area contributed by atoms with Gasteiger partial charge >= 0.3 is 0 Å². The molecule has 0 fully saturated rings. The summed E-state index contributed by atoms with van der Waals surface area (Å²) in [4.78, 5) is 0. The fraction of sp³-hybridized carbons (Fsp3) is 0.333. The first kappa shape index (κ1) is 11.9. The molecule has 0 saturated carbocycles. The molecule has 1 aromatic carbocycles. The van der Waals surface area contributed by atoms with Crippen LogP contribution in [0, 0.1) is 0 Å². The molecular weight excluding hydrogens is 244 g/mol. The maximum Gasteiger partial charge on any atom is 0.139 e. The third kappa shape index (κ3) is 1.68. The summed E-state index contributed by atoms with van der Waals surface area (Å²) < 4.78 is 0. The largest absolute Gasteiger partial charge is 0.506 e. The van der Waals surface area contributed by atoms with Crippen LogP contribution in [-0.4, -0.2) is 5.11 Å². The number of hydrogen-bond donors (Lipinski definition) is 2. The molecule has 0 spiro atoms. The van der Waals surface area contributed by atoms with Crippen molar-refractivity contribution in [2.45, 2.75) is 18.9 Å². The maximum absolute atomic E-state index is 9.64. The van der Waals surface area contributed by atoms with Crippen molar-refractivity contribution in [2.24, 2.45) is 5.73 Å². The number of benzene rings is 1. The molecule has 1 unspecified atom stereocenters. The second-order valence-corrected chi connectivity index (χ2v) is 4.04. The van der Waals surface area contributed by atoms with Gasteiger partial charge in [-0.3, -0.25) is 0 Å². The van der Waals surface area contributed by atoms with E-state index < -0.39 is 0 Å². The highest BCUT2D eigenvalue weighted by atomic mass is 35.5. The van der Waals surface area contributed by atoms with Crippen molar-refractivity contribution < 1.29 is 5.11 Å². The van der Waals surface area contributed by atoms with E-state index >= 15 is 0 Å². The molecule has 3 N–H and O–H groups in total. The first-order valence-corrected chi connectivity index (χ1v) is 4.82. The first-order valence-electron chi connectivity index (χ1n) is 4.06. The number of halogens is 3. The minimum absolute atomic E-state index is 0. The van der Waals surface area contributed by atoms with Crippen LogP contribution in [0.5, 0.6) is 5.75 Å². The van der Waals surface area contributed by atoms with Crippen molar-refractivity contribution >= 4 is 35.6 Å². The zero-order valence-corrected chi connectivity index (χ0v) is 9.59. The van der Waals surface area contributed by atoms with E-state index in [1.165, 1.54) is 0 Å². The Morgan fingerprint density at radius 3 is 2.64 bits per heavy atom. The zero-order valence-electron chi connectivity index (χ0n) is 7.26. The molecule has 0 radical (unpaired) electrons. The molecular formula is C9H10Cl3NO. The van der Waals surface area contributed by atoms with Gasteiger partial charge in [-0.25, -0.2) is 0 Å². The summed E-state index contributed by atoms with van der Waals surface area (Å²) >= 11 is 11.7. The van der Waals surface area contributed by atoms with Gasteiger partial charge in [-0.15, -0.1) is 12.4 Å². The van der Waals surface area contributed by atoms with Crippen LogP contribution in [0.3, 0.4) is 0 Å². The molecule has 0 heterocycles. The van der Waals surface area contributed by atoms with Gasteiger partial charge in [0.1, 0.15) is 5.75 Å². The molecule has 78 valence electrons. The third-order valence-electron chi connectivity index (χ3n) is 2.42. The summed E-state index contributed by atoms with van der Waals surface area (Å²) in [5.74, 6) is 0.0890. The minimum Gasteiger partial charge on any atom is -0.506 e. The number of phenols is 1. The average molecular weight is 255 g/mol. The predicted molar refractivity (Wildman–Crippen MR) is 60.6 cm³/mol. The van der Waals surface area contributed by atoms with Gasteiger partial charge < -0.3 is 10.8 Å². The molecule has 1 aliphatic rings. The van der Waals surface area contributed by atoms with Gasteiger partial charge in [-0.2, -0.15) is 0 Å². The van der Waals surface area contributed by atoms with E-state index in [1.54, 1.807) is 6.07 Å². The highest BCUT2D eigenvalue weighted by molar-refractivity contribution is 6.36. The maximum atomic E-state index is 9.64. The summed E-state index contributed by atoms with van der Waals surface area (Å²) in [6.45, 7) is 0. The van der Waals surface area contributed by atoms with Gasteiger partial charge in [-0.1, -0.05) is 23.2 Å². The van der Waals surface area contributed by atoms with E-state index in [4.69, 9.17) is 28.9 Å². The van der Waals surface area contributed by atoms with Crippen molar-refractivity contribution in [1.29, 1.82) is 0 Å². The first-order chi connectivity index (χ1) is 6.11. The highest BCUT2D eigenvalue weighted by Crippen LogP contribution is 2.43. The minimum atomic E-state index is -0.133. The van der Waals surface area contributed by atoms with E-state index in [0.717, 1.165) is 24.0 Å². The molecule has 0 saturated heterocycles. The number of nitrogens with two attached hydrogens (primary N) is 1. The Labute approximate surface area is 98.4 Å². The van der Waals surface area contributed by atoms with Gasteiger partial charge in [0.15, 0.2) is 0 Å². The smallest absolute Gasteiger partial charge is 0.139 e. The lowest BCUT2D eigenvalue weighted by Crippen LogP contribution is -2.05. The average Bonchev–Trinajstić information content (AvgIpc) is 2.44. The Balaban J connectivity index is 0.000000980. The van der Waals surface area contributed by atoms with E-state index in [1.807, 2.05) is 0 Å². The topological polar surface area (TPSA) is 46.2 Å². The molecule has 0 aromatic heterocycles. The van der Waals surface area contributed by atoms with Crippen molar-refractivity contribution in [3.63, 3.8) is 0 Å². The quantitative estimate of drug-likeness (QED) is 0.747. The zero-order chi connectivity index (χ0) is 9.59. The fourth-order valence-corrected chi connectivity index (χ4v) is 2.34. The number of fused-ring (bicyclic) bond motifs is 1. The van der Waals surface area contributed by atoms with Crippen LogP contribution < -0.4 is 5.73 Å². The number of phenolic OH excluding ortho intramolecular Hbond substituents is 1. The standard InChI is InChI=1S/C9H9Cl2NO.ClH/c10-5-3-6(11)9(13)8-4(5)1-2-7(8)12;/h3,7,13H,1-2,12H2;1H. The van der Waals surface area contributed by atoms with Crippen LogP contribution in [0.4, 0.5) is 0 Å². The van der Waals surface area contributed by atoms with E-state index in [-0.39, 0.29) is 29.2 Å². The van der Waals surface area contributed by atoms with Crippen LogP contribution in [0.2, 0.25) is 10.0 Å². The van der Waals surface area contributed by atoms with Crippen molar-refractivity contribution in [1.82, 2.24) is 0 Å². The summed E-state index contributed by atoms with van der Waals surface area (Å²) in [7, 11) is 0. The Hall–Kier alpha value is -0.150. The summed E-state index contributed by atoms with van der Waals surface area (Å²) in [5.41, 5.74) is 7.47. The third-order valence-corrected chi connectivity index (χ3v) is 3.05. The van der Waals surface area contributed by atoms with E-state index in [2.05, 4.69) is 0 Å². The molecule has 1 atom stereocenters. The van der Waals surface area contributed by atoms with E-state index in [0.29, 0.717) is 5.02 Å². The molecule has 5 heteroatoms. The normalized spacial score (nSPS) is 18.9. The Morgan fingerprint density at radius 1 is 1.36 bits per heavy atom. The molecule has 2 nitrogen and oxygen atoms in total. The van der Waals surface area contributed by atoms with Gasteiger partial charge in [0.05, 0.1) is 5.02 Å². The van der Waals surface area contributed by atoms with Crippen molar-refractivity contribution in [3.8, 4) is 5.75 Å². The number of rotatable bonds is 0. The molecule has 1 aliphatic carbocycles. The Kier molecular flexibility index (Phi) is 3.53. The second kappa shape index (κ2) is 4.15. The molecule has 0 amide bonds. The monoisotopic (exact) mass is 253 g/mol. The van der Waals surface area contributed by atoms with Crippen LogP contribution in [0.15, 0.2) is 6.07 Å². The lowest BCUT2D eigenvalue weighted by atomic mass is 10.1. The van der Waals surface area contributed by atoms with Gasteiger partial charge in [0, 0.05) is 16.6 Å². The van der Waals surface area contributed by atoms with Crippen LogP contribution in [0.1, 0.15) is 23.6 Å². The molecule has 14 heavy (non-hydrogen) atoms. The molecule has 1 aromatic rings. The Bertz CT molecular complexity index is 368. The van der Waals surface area contributed by atoms with Gasteiger partial charge in [-0.05, 0) is 24.5 Å². The SMILES string of the molecule is Cl.NC1CCc2c(Cl)cc(Cl)c(O)c21. The van der Waals surface area contributed by atoms with Crippen LogP contribution in [-0.2, 0) is 6.42 Å². The van der Waals surface area contributed by atoms with Crippen LogP contribution >= 0.6 is 35.6 Å². The van der Waals surface area contributed by atoms with Crippen molar-refractivity contribution in [2.75, 3.05) is 0 Å². The summed E-state index contributed by atoms with van der Waals surface area (Å²) in [6.07, 6.45) is 1.64. The second-order valence-electron chi connectivity index (χ2n) is 3.23. The lowest BCUT2D eigenvalue weighted by molar-refractivity contribution is 0.464.